The van der Waals surface area contributed by atoms with Crippen LogP contribution >= 0.6 is 0 Å². The Hall–Kier alpha value is -3.02. The van der Waals surface area contributed by atoms with Gasteiger partial charge in [-0.05, 0) is 51.7 Å². The lowest BCUT2D eigenvalue weighted by Gasteiger charge is -2.43. The second-order valence-electron chi connectivity index (χ2n) is 11.6. The van der Waals surface area contributed by atoms with Crippen LogP contribution in [0.3, 0.4) is 0 Å². The van der Waals surface area contributed by atoms with Crippen molar-refractivity contribution < 1.29 is 14.0 Å². The van der Waals surface area contributed by atoms with Crippen molar-refractivity contribution in [3.63, 3.8) is 0 Å². The molecule has 1 heterocycles. The topological polar surface area (TPSA) is 46.6 Å². The summed E-state index contributed by atoms with van der Waals surface area (Å²) in [4.78, 5) is 27.1. The van der Waals surface area contributed by atoms with Crippen LogP contribution in [0.15, 0.2) is 84.9 Å². The first-order valence-corrected chi connectivity index (χ1v) is 14.8. The van der Waals surface area contributed by atoms with Gasteiger partial charge in [0.15, 0.2) is 0 Å². The Kier molecular flexibility index (Phi) is 6.25. The summed E-state index contributed by atoms with van der Waals surface area (Å²) in [5.74, 6) is -0.00992. The summed E-state index contributed by atoms with van der Waals surface area (Å²) >= 11 is 0. The van der Waals surface area contributed by atoms with Gasteiger partial charge in [0.1, 0.15) is 0 Å². The molecule has 0 saturated heterocycles. The Balaban J connectivity index is 1.31. The second-order valence-corrected chi connectivity index (χ2v) is 15.9. The van der Waals surface area contributed by atoms with E-state index in [-0.39, 0.29) is 22.3 Å². The average molecular weight is 498 g/mol. The standard InChI is InChI=1S/C31H35NO3Si/c1-30(2,3)36(24-13-7-5-8-14-24,25-15-9-6-10-16-25)35-20-19-31(4)21-23(31)22-32-28(33)26-17-11-12-18-27(26)29(32)34/h5-18,23H,19-22H2,1-4H3. The molecule has 0 bridgehead atoms. The van der Waals surface area contributed by atoms with Gasteiger partial charge in [-0.1, -0.05) is 100 Å². The fraction of sp³-hybridized carbons (Fsp3) is 0.355. The number of benzene rings is 3. The summed E-state index contributed by atoms with van der Waals surface area (Å²) in [6, 6.07) is 28.5. The van der Waals surface area contributed by atoms with E-state index in [0.717, 1.165) is 12.8 Å². The molecule has 4 nitrogen and oxygen atoms in total. The van der Waals surface area contributed by atoms with Crippen LogP contribution in [-0.2, 0) is 4.43 Å². The third kappa shape index (κ3) is 4.14. The number of rotatable bonds is 8. The molecular formula is C31H35NO3Si. The lowest BCUT2D eigenvalue weighted by atomic mass is 10.0. The van der Waals surface area contributed by atoms with Gasteiger partial charge in [0.2, 0.25) is 0 Å². The monoisotopic (exact) mass is 497 g/mol. The van der Waals surface area contributed by atoms with Gasteiger partial charge >= 0.3 is 0 Å². The maximum Gasteiger partial charge on any atom is 0.261 e. The largest absolute Gasteiger partial charge is 0.407 e. The van der Waals surface area contributed by atoms with Gasteiger partial charge in [-0.25, -0.2) is 0 Å². The van der Waals surface area contributed by atoms with E-state index in [1.54, 1.807) is 12.1 Å². The number of nitrogens with zero attached hydrogens (tertiary/aromatic N) is 1. The molecule has 0 aromatic heterocycles. The first kappa shape index (κ1) is 24.7. The van der Waals surface area contributed by atoms with Crippen molar-refractivity contribution in [2.24, 2.45) is 11.3 Å². The molecular weight excluding hydrogens is 462 g/mol. The van der Waals surface area contributed by atoms with E-state index in [2.05, 4.69) is 88.4 Å². The van der Waals surface area contributed by atoms with Crippen LogP contribution in [0.25, 0.3) is 0 Å². The number of imide groups is 1. The van der Waals surface area contributed by atoms with E-state index < -0.39 is 8.32 Å². The Labute approximate surface area is 215 Å². The predicted molar refractivity (Wildman–Crippen MR) is 146 cm³/mol. The van der Waals surface area contributed by atoms with Crippen LogP contribution in [0.5, 0.6) is 0 Å². The van der Waals surface area contributed by atoms with E-state index in [4.69, 9.17) is 4.43 Å². The number of amides is 2. The molecule has 0 radical (unpaired) electrons. The molecule has 1 fully saturated rings. The van der Waals surface area contributed by atoms with Gasteiger partial charge in [0, 0.05) is 13.2 Å². The van der Waals surface area contributed by atoms with Crippen molar-refractivity contribution in [1.29, 1.82) is 0 Å². The summed E-state index contributed by atoms with van der Waals surface area (Å²) < 4.78 is 7.08. The number of carbonyl (C=O) groups is 2. The zero-order valence-corrected chi connectivity index (χ0v) is 22.7. The SMILES string of the molecule is CC1(CCO[Si](c2ccccc2)(c2ccccc2)C(C)(C)C)CC1CN1C(=O)c2ccccc2C1=O. The van der Waals surface area contributed by atoms with Crippen LogP contribution in [0.1, 0.15) is 61.3 Å². The smallest absolute Gasteiger partial charge is 0.261 e. The molecule has 0 N–H and O–H groups in total. The van der Waals surface area contributed by atoms with E-state index in [1.165, 1.54) is 15.3 Å². The first-order valence-electron chi connectivity index (χ1n) is 12.9. The molecule has 5 heteroatoms. The van der Waals surface area contributed by atoms with E-state index in [0.29, 0.717) is 30.2 Å². The van der Waals surface area contributed by atoms with Crippen molar-refractivity contribution in [3.8, 4) is 0 Å². The minimum Gasteiger partial charge on any atom is -0.407 e. The highest BCUT2D eigenvalue weighted by molar-refractivity contribution is 6.99. The second kappa shape index (κ2) is 9.13. The molecule has 1 saturated carbocycles. The van der Waals surface area contributed by atoms with E-state index in [1.807, 2.05) is 12.1 Å². The number of hydrogen-bond donors (Lipinski definition) is 0. The van der Waals surface area contributed by atoms with Gasteiger partial charge in [-0.3, -0.25) is 14.5 Å². The quantitative estimate of drug-likeness (QED) is 0.314. The third-order valence-corrected chi connectivity index (χ3v) is 13.3. The average Bonchev–Trinajstić information content (AvgIpc) is 3.46. The maximum absolute atomic E-state index is 12.8. The lowest BCUT2D eigenvalue weighted by Crippen LogP contribution is -2.66. The van der Waals surface area contributed by atoms with Crippen molar-refractivity contribution in [2.45, 2.75) is 45.6 Å². The van der Waals surface area contributed by atoms with Crippen LogP contribution in [0.2, 0.25) is 5.04 Å². The number of fused-ring (bicyclic) bond motifs is 1. The molecule has 3 aromatic carbocycles. The third-order valence-electron chi connectivity index (χ3n) is 8.23. The normalized spacial score (nSPS) is 21.6. The fourth-order valence-corrected chi connectivity index (χ4v) is 10.5. The van der Waals surface area contributed by atoms with Gasteiger partial charge < -0.3 is 4.43 Å². The Morgan fingerprint density at radius 3 is 1.78 bits per heavy atom. The number of carbonyl (C=O) groups excluding carboxylic acids is 2. The summed E-state index contributed by atoms with van der Waals surface area (Å²) in [5.41, 5.74) is 1.13. The van der Waals surface area contributed by atoms with Gasteiger partial charge in [0.05, 0.1) is 11.1 Å². The summed E-state index contributed by atoms with van der Waals surface area (Å²) in [6.07, 6.45) is 1.91. The Morgan fingerprint density at radius 1 is 0.833 bits per heavy atom. The van der Waals surface area contributed by atoms with E-state index >= 15 is 0 Å². The van der Waals surface area contributed by atoms with E-state index in [9.17, 15) is 9.59 Å². The van der Waals surface area contributed by atoms with Gasteiger partial charge in [-0.2, -0.15) is 0 Å². The molecule has 1 aliphatic heterocycles. The Morgan fingerprint density at radius 2 is 1.31 bits per heavy atom. The number of hydrogen-bond acceptors (Lipinski definition) is 3. The highest BCUT2D eigenvalue weighted by Crippen LogP contribution is 2.55. The highest BCUT2D eigenvalue weighted by atomic mass is 28.4. The van der Waals surface area contributed by atoms with Crippen LogP contribution in [-0.4, -0.2) is 38.2 Å². The predicted octanol–water partition coefficient (Wildman–Crippen LogP) is 5.28. The summed E-state index contributed by atoms with van der Waals surface area (Å²) in [5, 5.41) is 2.51. The summed E-state index contributed by atoms with van der Waals surface area (Å²) in [6.45, 7) is 10.3. The molecule has 2 aliphatic rings. The molecule has 2 amide bonds. The van der Waals surface area contributed by atoms with Crippen molar-refractivity contribution in [2.75, 3.05) is 13.2 Å². The maximum atomic E-state index is 12.8. The van der Waals surface area contributed by atoms with Crippen molar-refractivity contribution >= 4 is 30.5 Å². The molecule has 0 spiro atoms. The first-order chi connectivity index (χ1) is 17.2. The van der Waals surface area contributed by atoms with Crippen LogP contribution in [0.4, 0.5) is 0 Å². The molecule has 186 valence electrons. The molecule has 36 heavy (non-hydrogen) atoms. The molecule has 1 aliphatic carbocycles. The zero-order valence-electron chi connectivity index (χ0n) is 21.7. The lowest BCUT2D eigenvalue weighted by molar-refractivity contribution is 0.0640. The minimum absolute atomic E-state index is 0.0558. The van der Waals surface area contributed by atoms with Crippen LogP contribution < -0.4 is 10.4 Å². The molecule has 2 atom stereocenters. The van der Waals surface area contributed by atoms with Gasteiger partial charge in [0.25, 0.3) is 20.1 Å². The minimum atomic E-state index is -2.56. The molecule has 5 rings (SSSR count). The van der Waals surface area contributed by atoms with Crippen molar-refractivity contribution in [3.05, 3.63) is 96.1 Å². The molecule has 2 unspecified atom stereocenters. The molecule has 3 aromatic rings. The summed E-state index contributed by atoms with van der Waals surface area (Å²) in [7, 11) is -2.56. The fourth-order valence-electron chi connectivity index (χ4n) is 5.92. The van der Waals surface area contributed by atoms with Crippen molar-refractivity contribution in [1.82, 2.24) is 4.90 Å². The zero-order chi connectivity index (χ0) is 25.6. The van der Waals surface area contributed by atoms with Crippen LogP contribution in [0, 0.1) is 11.3 Å². The van der Waals surface area contributed by atoms with Gasteiger partial charge in [-0.15, -0.1) is 0 Å². The Bertz CT molecular complexity index is 1190. The highest BCUT2D eigenvalue weighted by Gasteiger charge is 2.54.